The maximum absolute atomic E-state index is 12.4. The number of esters is 2. The smallest absolute Gasteiger partial charge is 0.328 e. The Hall–Kier alpha value is -3.47. The number of hydrogen-bond donors (Lipinski definition) is 1. The largest absolute Gasteiger partial charge is 0.468 e. The number of carbonyl (C=O) groups excluding carboxylic acids is 2. The van der Waals surface area contributed by atoms with E-state index in [0.29, 0.717) is 30.5 Å². The number of anilines is 2. The molecule has 0 spiro atoms. The molecule has 1 saturated heterocycles. The molecular formula is C24H33N7O4. The summed E-state index contributed by atoms with van der Waals surface area (Å²) in [6.07, 6.45) is 9.47. The van der Waals surface area contributed by atoms with Gasteiger partial charge in [-0.3, -0.25) is 19.2 Å². The van der Waals surface area contributed by atoms with Gasteiger partial charge >= 0.3 is 11.9 Å². The van der Waals surface area contributed by atoms with Gasteiger partial charge in [0, 0.05) is 43.5 Å². The summed E-state index contributed by atoms with van der Waals surface area (Å²) >= 11 is 0. The van der Waals surface area contributed by atoms with Crippen molar-refractivity contribution in [1.82, 2.24) is 29.2 Å². The highest BCUT2D eigenvalue weighted by molar-refractivity contribution is 5.77. The lowest BCUT2D eigenvalue weighted by Gasteiger charge is -2.15. The Labute approximate surface area is 204 Å². The molecule has 1 aliphatic heterocycles. The molecule has 0 aromatic carbocycles. The van der Waals surface area contributed by atoms with E-state index in [0.717, 1.165) is 30.4 Å². The van der Waals surface area contributed by atoms with Crippen LogP contribution in [-0.2, 0) is 32.2 Å². The molecule has 11 heteroatoms. The molecule has 1 fully saturated rings. The molecule has 4 rings (SSSR count). The minimum absolute atomic E-state index is 0.0387. The topological polar surface area (TPSA) is 116 Å². The van der Waals surface area contributed by atoms with Crippen LogP contribution in [0.1, 0.15) is 33.1 Å². The van der Waals surface area contributed by atoms with Crippen LogP contribution < -0.4 is 5.32 Å². The van der Waals surface area contributed by atoms with Crippen molar-refractivity contribution in [2.24, 2.45) is 5.92 Å². The highest BCUT2D eigenvalue weighted by atomic mass is 16.5. The van der Waals surface area contributed by atoms with Gasteiger partial charge in [0.1, 0.15) is 24.3 Å². The van der Waals surface area contributed by atoms with Gasteiger partial charge in [-0.05, 0) is 19.0 Å². The van der Waals surface area contributed by atoms with Crippen molar-refractivity contribution in [3.63, 3.8) is 0 Å². The number of nitrogens with one attached hydrogen (secondary N) is 1. The summed E-state index contributed by atoms with van der Waals surface area (Å²) in [5.74, 6) is 0.329. The molecule has 0 unspecified atom stereocenters. The lowest BCUT2D eigenvalue weighted by atomic mass is 10.0. The van der Waals surface area contributed by atoms with Crippen molar-refractivity contribution in [3.05, 3.63) is 30.9 Å². The Morgan fingerprint density at radius 3 is 2.80 bits per heavy atom. The van der Waals surface area contributed by atoms with Crippen LogP contribution in [0.3, 0.4) is 0 Å². The maximum atomic E-state index is 12.4. The highest BCUT2D eigenvalue weighted by Gasteiger charge is 2.37. The number of aromatic nitrogens is 5. The fourth-order valence-electron chi connectivity index (χ4n) is 4.45. The average molecular weight is 484 g/mol. The molecular weight excluding hydrogens is 450 g/mol. The van der Waals surface area contributed by atoms with Gasteiger partial charge < -0.3 is 19.4 Å². The summed E-state index contributed by atoms with van der Waals surface area (Å²) in [5, 5.41) is 8.39. The molecule has 0 amide bonds. The molecule has 188 valence electrons. The normalized spacial score (nSPS) is 18.3. The summed E-state index contributed by atoms with van der Waals surface area (Å²) in [7, 11) is 3.16. The van der Waals surface area contributed by atoms with Crippen LogP contribution in [0.2, 0.25) is 0 Å². The number of carbonyl (C=O) groups is 2. The van der Waals surface area contributed by atoms with E-state index in [-0.39, 0.29) is 18.6 Å². The number of likely N-dealkylation sites (N-methyl/N-ethyl adjacent to an activating group) is 1. The van der Waals surface area contributed by atoms with Crippen molar-refractivity contribution >= 4 is 34.6 Å². The highest BCUT2D eigenvalue weighted by Crippen LogP contribution is 2.21. The Morgan fingerprint density at radius 2 is 2.06 bits per heavy atom. The third kappa shape index (κ3) is 5.79. The van der Waals surface area contributed by atoms with Crippen LogP contribution in [0.4, 0.5) is 11.6 Å². The van der Waals surface area contributed by atoms with Crippen molar-refractivity contribution in [3.8, 4) is 0 Å². The van der Waals surface area contributed by atoms with Crippen molar-refractivity contribution in [1.29, 1.82) is 0 Å². The van der Waals surface area contributed by atoms with Gasteiger partial charge in [-0.25, -0.2) is 4.98 Å². The van der Waals surface area contributed by atoms with Gasteiger partial charge in [-0.15, -0.1) is 0 Å². The summed E-state index contributed by atoms with van der Waals surface area (Å²) in [6.45, 7) is 5.78. The van der Waals surface area contributed by atoms with Crippen molar-refractivity contribution in [2.75, 3.05) is 26.0 Å². The monoisotopic (exact) mass is 483 g/mol. The Balaban J connectivity index is 1.35. The van der Waals surface area contributed by atoms with Crippen molar-refractivity contribution < 1.29 is 19.1 Å². The summed E-state index contributed by atoms with van der Waals surface area (Å²) in [6, 6.07) is 1.63. The average Bonchev–Trinajstić information content (AvgIpc) is 3.55. The molecule has 0 saturated carbocycles. The first-order valence-corrected chi connectivity index (χ1v) is 12.0. The van der Waals surface area contributed by atoms with Gasteiger partial charge in [0.15, 0.2) is 0 Å². The standard InChI is InChI=1S/C24H33N7O4/c1-5-16(6-2)12-30-8-7-17-10-25-24(28-22(17)30)27-18-11-26-31(13-18)15-21(32)35-19-9-20(23(33)34-4)29(3)14-19/h7-8,10-11,13,16,19-20H,5-6,9,12,14-15H2,1-4H3,(H,25,27,28)/t19-,20+/m1/s1. The van der Waals surface area contributed by atoms with Gasteiger partial charge in [0.25, 0.3) is 0 Å². The molecule has 1 aliphatic rings. The van der Waals surface area contributed by atoms with E-state index in [1.807, 2.05) is 18.0 Å². The number of hydrogen-bond acceptors (Lipinski definition) is 9. The number of likely N-dealkylation sites (tertiary alicyclic amines) is 1. The van der Waals surface area contributed by atoms with Crippen molar-refractivity contribution in [2.45, 2.75) is 58.3 Å². The van der Waals surface area contributed by atoms with Gasteiger partial charge in [0.2, 0.25) is 5.95 Å². The van der Waals surface area contributed by atoms with Gasteiger partial charge in [0.05, 0.1) is 19.0 Å². The van der Waals surface area contributed by atoms with Crippen LogP contribution in [0.15, 0.2) is 30.9 Å². The molecule has 3 aromatic rings. The first-order valence-electron chi connectivity index (χ1n) is 12.0. The number of fused-ring (bicyclic) bond motifs is 1. The minimum atomic E-state index is -0.416. The predicted molar refractivity (Wildman–Crippen MR) is 130 cm³/mol. The maximum Gasteiger partial charge on any atom is 0.328 e. The number of ether oxygens (including phenoxy) is 2. The Kier molecular flexibility index (Phi) is 7.64. The summed E-state index contributed by atoms with van der Waals surface area (Å²) < 4.78 is 14.0. The fourth-order valence-corrected chi connectivity index (χ4v) is 4.45. The molecule has 2 atom stereocenters. The second-order valence-corrected chi connectivity index (χ2v) is 9.00. The van der Waals surface area contributed by atoms with Crippen LogP contribution in [0.25, 0.3) is 11.0 Å². The van der Waals surface area contributed by atoms with E-state index in [1.54, 1.807) is 18.6 Å². The zero-order chi connectivity index (χ0) is 24.9. The van der Waals surface area contributed by atoms with E-state index < -0.39 is 12.0 Å². The Morgan fingerprint density at radius 1 is 1.26 bits per heavy atom. The zero-order valence-electron chi connectivity index (χ0n) is 20.7. The zero-order valence-corrected chi connectivity index (χ0v) is 20.7. The molecule has 1 N–H and O–H groups in total. The van der Waals surface area contributed by atoms with E-state index in [2.05, 4.69) is 40.0 Å². The fraction of sp³-hybridized carbons (Fsp3) is 0.542. The molecule has 0 bridgehead atoms. The lowest BCUT2D eigenvalue weighted by Crippen LogP contribution is -2.33. The number of methoxy groups -OCH3 is 1. The SMILES string of the molecule is CCC(CC)Cn1ccc2cnc(Nc3cnn(CC(=O)O[C@@H]4C[C@@H](C(=O)OC)N(C)C4)c3)nc21. The predicted octanol–water partition coefficient (Wildman–Crippen LogP) is 2.60. The van der Waals surface area contributed by atoms with E-state index in [1.165, 1.54) is 11.8 Å². The van der Waals surface area contributed by atoms with Crippen LogP contribution in [0, 0.1) is 5.92 Å². The van der Waals surface area contributed by atoms with Crippen LogP contribution >= 0.6 is 0 Å². The first-order chi connectivity index (χ1) is 16.9. The number of nitrogens with zero attached hydrogens (tertiary/aromatic N) is 6. The second-order valence-electron chi connectivity index (χ2n) is 9.00. The molecule has 35 heavy (non-hydrogen) atoms. The Bertz CT molecular complexity index is 1170. The van der Waals surface area contributed by atoms with Crippen LogP contribution in [0.5, 0.6) is 0 Å². The van der Waals surface area contributed by atoms with Gasteiger partial charge in [-0.2, -0.15) is 10.1 Å². The number of rotatable bonds is 10. The van der Waals surface area contributed by atoms with E-state index in [4.69, 9.17) is 14.5 Å². The minimum Gasteiger partial charge on any atom is -0.468 e. The molecule has 0 radical (unpaired) electrons. The molecule has 4 heterocycles. The van der Waals surface area contributed by atoms with Gasteiger partial charge in [-0.1, -0.05) is 26.7 Å². The van der Waals surface area contributed by atoms with E-state index in [9.17, 15) is 9.59 Å². The second kappa shape index (κ2) is 10.9. The lowest BCUT2D eigenvalue weighted by molar-refractivity contribution is -0.150. The summed E-state index contributed by atoms with van der Waals surface area (Å²) in [5.41, 5.74) is 1.55. The quantitative estimate of drug-likeness (QED) is 0.434. The molecule has 3 aromatic heterocycles. The first kappa shape index (κ1) is 24.6. The van der Waals surface area contributed by atoms with E-state index >= 15 is 0 Å². The van der Waals surface area contributed by atoms with Crippen LogP contribution in [-0.4, -0.2) is 74.0 Å². The third-order valence-electron chi connectivity index (χ3n) is 6.57. The summed E-state index contributed by atoms with van der Waals surface area (Å²) in [4.78, 5) is 35.2. The molecule has 0 aliphatic carbocycles. The third-order valence-corrected chi connectivity index (χ3v) is 6.57. The molecule has 11 nitrogen and oxygen atoms in total.